The number of hydrogen-bond acceptors (Lipinski definition) is 4. The number of unbranched alkanes of at least 4 members (excludes halogenated alkanes) is 1. The summed E-state index contributed by atoms with van der Waals surface area (Å²) >= 11 is 6.12. The van der Waals surface area contributed by atoms with Crippen LogP contribution in [-0.2, 0) is 26.2 Å². The molecule has 9 heteroatoms. The van der Waals surface area contributed by atoms with Gasteiger partial charge in [-0.3, -0.25) is 13.9 Å². The summed E-state index contributed by atoms with van der Waals surface area (Å²) in [6.45, 7) is 7.63. The van der Waals surface area contributed by atoms with Crippen LogP contribution in [0.5, 0.6) is 0 Å². The van der Waals surface area contributed by atoms with Crippen molar-refractivity contribution < 1.29 is 18.0 Å². The molecule has 0 fully saturated rings. The first-order valence-corrected chi connectivity index (χ1v) is 13.5. The van der Waals surface area contributed by atoms with Crippen LogP contribution in [0.25, 0.3) is 0 Å². The van der Waals surface area contributed by atoms with E-state index < -0.39 is 28.5 Å². The Kier molecular flexibility index (Phi) is 9.94. The van der Waals surface area contributed by atoms with Crippen LogP contribution in [0, 0.1) is 13.8 Å². The molecular formula is C25H34ClN3O4S. The smallest absolute Gasteiger partial charge is 0.244 e. The normalized spacial score (nSPS) is 12.2. The summed E-state index contributed by atoms with van der Waals surface area (Å²) in [7, 11) is -3.80. The molecule has 186 valence electrons. The number of amides is 2. The number of aryl methyl sites for hydroxylation is 2. The van der Waals surface area contributed by atoms with Gasteiger partial charge in [0.15, 0.2) is 0 Å². The first-order chi connectivity index (χ1) is 16.0. The molecule has 0 radical (unpaired) electrons. The molecule has 0 spiro atoms. The second-order valence-corrected chi connectivity index (χ2v) is 10.8. The van der Waals surface area contributed by atoms with Crippen LogP contribution in [-0.4, -0.2) is 50.5 Å². The number of nitrogens with one attached hydrogen (secondary N) is 1. The highest BCUT2D eigenvalue weighted by molar-refractivity contribution is 7.92. The molecule has 1 unspecified atom stereocenters. The minimum Gasteiger partial charge on any atom is -0.354 e. The van der Waals surface area contributed by atoms with Gasteiger partial charge in [-0.15, -0.1) is 0 Å². The number of halogens is 1. The first-order valence-electron chi connectivity index (χ1n) is 11.3. The standard InChI is InChI=1S/C25H34ClN3O4S/c1-6-7-14-27-25(31)20(4)28(16-21-11-9-8-10-18(21)2)24(30)17-29(34(5,32)33)23-15-22(26)13-12-19(23)3/h8-13,15,20H,6-7,14,16-17H2,1-5H3,(H,27,31). The lowest BCUT2D eigenvalue weighted by molar-refractivity contribution is -0.139. The van der Waals surface area contributed by atoms with Crippen molar-refractivity contribution >= 4 is 39.1 Å². The predicted octanol–water partition coefficient (Wildman–Crippen LogP) is 4.06. The number of benzene rings is 2. The van der Waals surface area contributed by atoms with Gasteiger partial charge in [0.2, 0.25) is 21.8 Å². The van der Waals surface area contributed by atoms with Crippen molar-refractivity contribution in [1.29, 1.82) is 0 Å². The van der Waals surface area contributed by atoms with Crippen molar-refractivity contribution in [2.24, 2.45) is 0 Å². The van der Waals surface area contributed by atoms with Gasteiger partial charge < -0.3 is 10.2 Å². The Balaban J connectivity index is 2.41. The molecule has 0 heterocycles. The van der Waals surface area contributed by atoms with Gasteiger partial charge in [0, 0.05) is 18.1 Å². The molecule has 2 aromatic carbocycles. The molecule has 1 N–H and O–H groups in total. The Morgan fingerprint density at radius 3 is 2.38 bits per heavy atom. The third kappa shape index (κ3) is 7.46. The Morgan fingerprint density at radius 1 is 1.09 bits per heavy atom. The summed E-state index contributed by atoms with van der Waals surface area (Å²) < 4.78 is 26.4. The highest BCUT2D eigenvalue weighted by atomic mass is 35.5. The summed E-state index contributed by atoms with van der Waals surface area (Å²) in [6, 6.07) is 11.7. The van der Waals surface area contributed by atoms with E-state index in [4.69, 9.17) is 11.6 Å². The van der Waals surface area contributed by atoms with Gasteiger partial charge in [0.05, 0.1) is 11.9 Å². The van der Waals surface area contributed by atoms with Gasteiger partial charge in [-0.25, -0.2) is 8.42 Å². The van der Waals surface area contributed by atoms with Crippen molar-refractivity contribution in [2.45, 2.75) is 53.1 Å². The summed E-state index contributed by atoms with van der Waals surface area (Å²) in [5, 5.41) is 3.23. The zero-order chi connectivity index (χ0) is 25.5. The van der Waals surface area contributed by atoms with Gasteiger partial charge >= 0.3 is 0 Å². The molecule has 0 aliphatic heterocycles. The van der Waals surface area contributed by atoms with Crippen LogP contribution in [0.15, 0.2) is 42.5 Å². The van der Waals surface area contributed by atoms with Gasteiger partial charge in [0.25, 0.3) is 0 Å². The molecule has 1 atom stereocenters. The number of hydrogen-bond donors (Lipinski definition) is 1. The maximum Gasteiger partial charge on any atom is 0.244 e. The lowest BCUT2D eigenvalue weighted by atomic mass is 10.1. The van der Waals surface area contributed by atoms with E-state index >= 15 is 0 Å². The van der Waals surface area contributed by atoms with Crippen LogP contribution in [0.4, 0.5) is 5.69 Å². The number of sulfonamides is 1. The molecule has 0 bridgehead atoms. The van der Waals surface area contributed by atoms with E-state index in [0.29, 0.717) is 22.8 Å². The predicted molar refractivity (Wildman–Crippen MR) is 137 cm³/mol. The Labute approximate surface area is 208 Å². The molecule has 34 heavy (non-hydrogen) atoms. The fraction of sp³-hybridized carbons (Fsp3) is 0.440. The van der Waals surface area contributed by atoms with E-state index in [2.05, 4.69) is 5.32 Å². The van der Waals surface area contributed by atoms with E-state index in [9.17, 15) is 18.0 Å². The number of nitrogens with zero attached hydrogens (tertiary/aromatic N) is 2. The van der Waals surface area contributed by atoms with Crippen molar-refractivity contribution in [3.8, 4) is 0 Å². The molecule has 0 aliphatic rings. The van der Waals surface area contributed by atoms with E-state index in [1.807, 2.05) is 38.1 Å². The van der Waals surface area contributed by atoms with Gasteiger partial charge in [-0.05, 0) is 56.0 Å². The molecule has 7 nitrogen and oxygen atoms in total. The summed E-state index contributed by atoms with van der Waals surface area (Å²) in [5.74, 6) is -0.758. The van der Waals surface area contributed by atoms with Crippen molar-refractivity contribution in [1.82, 2.24) is 10.2 Å². The van der Waals surface area contributed by atoms with Crippen molar-refractivity contribution in [3.05, 3.63) is 64.2 Å². The molecule has 0 saturated carbocycles. The van der Waals surface area contributed by atoms with Crippen LogP contribution in [0.2, 0.25) is 5.02 Å². The quantitative estimate of drug-likeness (QED) is 0.465. The number of rotatable bonds is 11. The number of carbonyl (C=O) groups is 2. The van der Waals surface area contributed by atoms with Gasteiger partial charge in [-0.2, -0.15) is 0 Å². The van der Waals surface area contributed by atoms with Crippen molar-refractivity contribution in [3.63, 3.8) is 0 Å². The summed E-state index contributed by atoms with van der Waals surface area (Å²) in [6.07, 6.45) is 2.82. The minimum absolute atomic E-state index is 0.181. The first kappa shape index (κ1) is 27.7. The Morgan fingerprint density at radius 2 is 1.76 bits per heavy atom. The molecule has 0 aromatic heterocycles. The van der Waals surface area contributed by atoms with Crippen molar-refractivity contribution in [2.75, 3.05) is 23.7 Å². The Bertz CT molecular complexity index is 1120. The molecule has 0 aliphatic carbocycles. The van der Waals surface area contributed by atoms with E-state index in [-0.39, 0.29) is 12.5 Å². The number of anilines is 1. The second-order valence-electron chi connectivity index (χ2n) is 8.47. The van der Waals surface area contributed by atoms with E-state index in [1.165, 1.54) is 11.0 Å². The van der Waals surface area contributed by atoms with E-state index in [1.54, 1.807) is 26.0 Å². The van der Waals surface area contributed by atoms with Crippen LogP contribution < -0.4 is 9.62 Å². The maximum absolute atomic E-state index is 13.6. The fourth-order valence-electron chi connectivity index (χ4n) is 3.54. The largest absolute Gasteiger partial charge is 0.354 e. The topological polar surface area (TPSA) is 86.8 Å². The monoisotopic (exact) mass is 507 g/mol. The van der Waals surface area contributed by atoms with Gasteiger partial charge in [-0.1, -0.05) is 55.3 Å². The molecule has 2 amide bonds. The maximum atomic E-state index is 13.6. The SMILES string of the molecule is CCCCNC(=O)C(C)N(Cc1ccccc1C)C(=O)CN(c1cc(Cl)ccc1C)S(C)(=O)=O. The zero-order valence-electron chi connectivity index (χ0n) is 20.5. The molecule has 2 rings (SSSR count). The molecule has 2 aromatic rings. The lowest BCUT2D eigenvalue weighted by Gasteiger charge is -2.32. The lowest BCUT2D eigenvalue weighted by Crippen LogP contribution is -2.51. The molecular weight excluding hydrogens is 474 g/mol. The minimum atomic E-state index is -3.80. The highest BCUT2D eigenvalue weighted by Crippen LogP contribution is 2.27. The van der Waals surface area contributed by atoms with E-state index in [0.717, 1.165) is 34.5 Å². The van der Waals surface area contributed by atoms with Crippen LogP contribution >= 0.6 is 11.6 Å². The number of carbonyl (C=O) groups excluding carboxylic acids is 2. The Hall–Kier alpha value is -2.58. The highest BCUT2D eigenvalue weighted by Gasteiger charge is 2.30. The summed E-state index contributed by atoms with van der Waals surface area (Å²) in [4.78, 5) is 27.8. The van der Waals surface area contributed by atoms with Crippen LogP contribution in [0.1, 0.15) is 43.4 Å². The zero-order valence-corrected chi connectivity index (χ0v) is 22.0. The fourth-order valence-corrected chi connectivity index (χ4v) is 4.60. The second kappa shape index (κ2) is 12.2. The average molecular weight is 508 g/mol. The summed E-state index contributed by atoms with van der Waals surface area (Å²) in [5.41, 5.74) is 2.86. The van der Waals surface area contributed by atoms with Crippen LogP contribution in [0.3, 0.4) is 0 Å². The average Bonchev–Trinajstić information content (AvgIpc) is 2.77. The molecule has 0 saturated heterocycles. The third-order valence-corrected chi connectivity index (χ3v) is 7.08. The third-order valence-electron chi connectivity index (χ3n) is 5.72. The van der Waals surface area contributed by atoms with Gasteiger partial charge in [0.1, 0.15) is 12.6 Å².